The number of unbranched alkanes of at least 4 members (excludes halogenated alkanes) is 9. The van der Waals surface area contributed by atoms with Gasteiger partial charge in [0.15, 0.2) is 0 Å². The smallest absolute Gasteiger partial charge is 0.119 e. The van der Waals surface area contributed by atoms with E-state index in [0.29, 0.717) is 5.75 Å². The molecule has 1 unspecified atom stereocenters. The van der Waals surface area contributed by atoms with Crippen LogP contribution in [0.1, 0.15) is 81.8 Å². The number of rotatable bonds is 16. The van der Waals surface area contributed by atoms with Gasteiger partial charge in [-0.1, -0.05) is 63.5 Å². The first-order chi connectivity index (χ1) is 13.3. The molecule has 3 heteroatoms. The van der Waals surface area contributed by atoms with E-state index in [9.17, 15) is 4.21 Å². The molecule has 0 aliphatic heterocycles. The highest BCUT2D eigenvalue weighted by Gasteiger charge is 2.10. The molecule has 0 N–H and O–H groups in total. The second-order valence-electron chi connectivity index (χ2n) is 7.77. The Kier molecular flexibility index (Phi) is 11.5. The second-order valence-corrected chi connectivity index (χ2v) is 9.39. The molecule has 2 nitrogen and oxygen atoms in total. The maximum absolute atomic E-state index is 11.5. The molecule has 1 aromatic rings. The van der Waals surface area contributed by atoms with Crippen LogP contribution in [0.4, 0.5) is 0 Å². The number of hydrogen-bond acceptors (Lipinski definition) is 2. The van der Waals surface area contributed by atoms with Crippen molar-refractivity contribution in [3.8, 4) is 5.75 Å². The molecule has 0 radical (unpaired) electrons. The van der Waals surface area contributed by atoms with E-state index in [-0.39, 0.29) is 0 Å². The van der Waals surface area contributed by atoms with Crippen LogP contribution >= 0.6 is 0 Å². The van der Waals surface area contributed by atoms with Gasteiger partial charge in [0.2, 0.25) is 0 Å². The molecular weight excluding hydrogens is 352 g/mol. The molecule has 0 amide bonds. The van der Waals surface area contributed by atoms with E-state index < -0.39 is 10.8 Å². The van der Waals surface area contributed by atoms with Gasteiger partial charge in [0, 0.05) is 22.3 Å². The zero-order valence-corrected chi connectivity index (χ0v) is 17.9. The summed E-state index contributed by atoms with van der Waals surface area (Å²) in [6.07, 6.45) is 18.3. The van der Waals surface area contributed by atoms with Crippen molar-refractivity contribution in [2.75, 3.05) is 18.1 Å². The zero-order valence-electron chi connectivity index (χ0n) is 17.1. The topological polar surface area (TPSA) is 26.3 Å². The van der Waals surface area contributed by atoms with Gasteiger partial charge in [0.05, 0.1) is 6.61 Å². The molecule has 0 fully saturated rings. The number of fused-ring (bicyclic) bond motifs is 1. The first-order valence-corrected chi connectivity index (χ1v) is 12.5. The summed E-state index contributed by atoms with van der Waals surface area (Å²) in [6.45, 7) is 4.49. The molecule has 1 atom stereocenters. The van der Waals surface area contributed by atoms with Gasteiger partial charge in [-0.05, 0) is 55.4 Å². The molecular formula is C24H38O2S. The summed E-state index contributed by atoms with van der Waals surface area (Å²) in [6, 6.07) is 6.64. The van der Waals surface area contributed by atoms with Crippen molar-refractivity contribution in [3.63, 3.8) is 0 Å². The molecule has 0 saturated carbocycles. The van der Waals surface area contributed by atoms with Crippen LogP contribution in [0.2, 0.25) is 0 Å². The summed E-state index contributed by atoms with van der Waals surface area (Å²) in [7, 11) is -0.675. The first kappa shape index (κ1) is 22.2. The minimum absolute atomic E-state index is 0.651. The van der Waals surface area contributed by atoms with Crippen molar-refractivity contribution < 1.29 is 8.95 Å². The van der Waals surface area contributed by atoms with E-state index in [1.807, 2.05) is 0 Å². The summed E-state index contributed by atoms with van der Waals surface area (Å²) in [5.41, 5.74) is 3.02. The van der Waals surface area contributed by atoms with Gasteiger partial charge in [-0.15, -0.1) is 6.58 Å². The lowest BCUT2D eigenvalue weighted by Crippen LogP contribution is -2.00. The van der Waals surface area contributed by atoms with Crippen LogP contribution in [-0.4, -0.2) is 22.3 Å². The molecule has 0 saturated heterocycles. The molecule has 1 aromatic carbocycles. The third-order valence-electron chi connectivity index (χ3n) is 5.41. The maximum atomic E-state index is 11.5. The predicted molar refractivity (Wildman–Crippen MR) is 118 cm³/mol. The van der Waals surface area contributed by atoms with Crippen molar-refractivity contribution in [1.82, 2.24) is 0 Å². The van der Waals surface area contributed by atoms with Crippen molar-refractivity contribution in [3.05, 3.63) is 42.0 Å². The summed E-state index contributed by atoms with van der Waals surface area (Å²) in [5.74, 6) is 2.56. The second kappa shape index (κ2) is 14.0. The van der Waals surface area contributed by atoms with Crippen molar-refractivity contribution in [1.29, 1.82) is 0 Å². The maximum Gasteiger partial charge on any atom is 0.119 e. The van der Waals surface area contributed by atoms with Gasteiger partial charge >= 0.3 is 0 Å². The lowest BCUT2D eigenvalue weighted by molar-refractivity contribution is 0.304. The van der Waals surface area contributed by atoms with Crippen molar-refractivity contribution in [2.45, 2.75) is 83.5 Å². The number of hydrogen-bond donors (Lipinski definition) is 0. The summed E-state index contributed by atoms with van der Waals surface area (Å²) in [5, 5.41) is 0. The molecule has 1 aliphatic rings. The Balaban J connectivity index is 1.34. The van der Waals surface area contributed by atoms with Crippen LogP contribution in [0.15, 0.2) is 30.9 Å². The van der Waals surface area contributed by atoms with E-state index in [1.165, 1.54) is 88.2 Å². The average molecular weight is 391 g/mol. The fourth-order valence-corrected chi connectivity index (χ4v) is 4.78. The largest absolute Gasteiger partial charge is 0.494 e. The van der Waals surface area contributed by atoms with Crippen LogP contribution in [-0.2, 0) is 23.6 Å². The number of ether oxygens (including phenoxy) is 1. The normalized spacial score (nSPS) is 14.1. The lowest BCUT2D eigenvalue weighted by atomic mass is 10.1. The summed E-state index contributed by atoms with van der Waals surface area (Å²) in [4.78, 5) is 0. The molecule has 2 rings (SSSR count). The third-order valence-corrected chi connectivity index (χ3v) is 6.76. The lowest BCUT2D eigenvalue weighted by Gasteiger charge is -2.08. The molecule has 0 aromatic heterocycles. The van der Waals surface area contributed by atoms with Crippen LogP contribution in [0.5, 0.6) is 5.75 Å². The molecule has 0 bridgehead atoms. The minimum Gasteiger partial charge on any atom is -0.494 e. The Labute approximate surface area is 169 Å². The van der Waals surface area contributed by atoms with Crippen LogP contribution in [0.25, 0.3) is 0 Å². The minimum atomic E-state index is -0.675. The van der Waals surface area contributed by atoms with E-state index in [0.717, 1.165) is 24.5 Å². The highest BCUT2D eigenvalue weighted by molar-refractivity contribution is 7.85. The van der Waals surface area contributed by atoms with E-state index in [2.05, 4.69) is 24.8 Å². The molecule has 0 heterocycles. The first-order valence-electron chi connectivity index (χ1n) is 11.0. The highest BCUT2D eigenvalue weighted by Crippen LogP contribution is 2.26. The molecule has 0 spiro atoms. The average Bonchev–Trinajstić information content (AvgIpc) is 3.13. The fraction of sp³-hybridized carbons (Fsp3) is 0.667. The van der Waals surface area contributed by atoms with Crippen molar-refractivity contribution in [2.24, 2.45) is 0 Å². The molecule has 152 valence electrons. The quantitative estimate of drug-likeness (QED) is 0.241. The van der Waals surface area contributed by atoms with Crippen LogP contribution in [0.3, 0.4) is 0 Å². The Morgan fingerprint density at radius 3 is 2.22 bits per heavy atom. The van der Waals surface area contributed by atoms with Gasteiger partial charge < -0.3 is 4.74 Å². The Bertz CT molecular complexity index is 567. The number of benzene rings is 1. The van der Waals surface area contributed by atoms with Gasteiger partial charge in [0.1, 0.15) is 5.75 Å². The fourth-order valence-electron chi connectivity index (χ4n) is 3.82. The SMILES string of the molecule is C=CCS(=O)CCCCCCCCCCCCOc1ccc2c(c1)CCC2. The third kappa shape index (κ3) is 9.60. The van der Waals surface area contributed by atoms with Gasteiger partial charge in [0.25, 0.3) is 0 Å². The van der Waals surface area contributed by atoms with E-state index in [4.69, 9.17) is 4.74 Å². The van der Waals surface area contributed by atoms with Crippen LogP contribution in [0, 0.1) is 0 Å². The molecule has 27 heavy (non-hydrogen) atoms. The zero-order chi connectivity index (χ0) is 19.2. The monoisotopic (exact) mass is 390 g/mol. The summed E-state index contributed by atoms with van der Waals surface area (Å²) >= 11 is 0. The Morgan fingerprint density at radius 2 is 1.52 bits per heavy atom. The van der Waals surface area contributed by atoms with Gasteiger partial charge in [-0.2, -0.15) is 0 Å². The number of aryl methyl sites for hydroxylation is 2. The van der Waals surface area contributed by atoms with E-state index >= 15 is 0 Å². The van der Waals surface area contributed by atoms with E-state index in [1.54, 1.807) is 6.08 Å². The van der Waals surface area contributed by atoms with Crippen LogP contribution < -0.4 is 4.74 Å². The Morgan fingerprint density at radius 1 is 0.889 bits per heavy atom. The standard InChI is InChI=1S/C24H38O2S/c1-2-19-27(25)20-12-10-8-6-4-3-5-7-9-11-18-26-24-17-16-22-14-13-15-23(22)21-24/h2,16-17,21H,1,3-15,18-20H2. The summed E-state index contributed by atoms with van der Waals surface area (Å²) < 4.78 is 17.4. The highest BCUT2D eigenvalue weighted by atomic mass is 32.2. The Hall–Kier alpha value is -1.09. The van der Waals surface area contributed by atoms with Gasteiger partial charge in [-0.25, -0.2) is 0 Å². The molecule has 1 aliphatic carbocycles. The van der Waals surface area contributed by atoms with Gasteiger partial charge in [-0.3, -0.25) is 4.21 Å². The van der Waals surface area contributed by atoms with Crippen molar-refractivity contribution >= 4 is 10.8 Å². The predicted octanol–water partition coefficient (Wildman–Crippen LogP) is 6.39.